The molecule has 1 aromatic rings. The van der Waals surface area contributed by atoms with E-state index in [9.17, 15) is 0 Å². The zero-order valence-electron chi connectivity index (χ0n) is 10.6. The second-order valence-corrected chi connectivity index (χ2v) is 4.53. The number of aromatic nitrogens is 1. The monoisotopic (exact) mass is 221 g/mol. The van der Waals surface area contributed by atoms with Crippen molar-refractivity contribution < 1.29 is 0 Å². The molecule has 16 heavy (non-hydrogen) atoms. The average molecular weight is 221 g/mol. The molecule has 0 unspecified atom stereocenters. The van der Waals surface area contributed by atoms with E-state index in [2.05, 4.69) is 36.7 Å². The summed E-state index contributed by atoms with van der Waals surface area (Å²) in [5, 5.41) is 0. The third kappa shape index (κ3) is 3.91. The Morgan fingerprint density at radius 1 is 1.44 bits per heavy atom. The molecule has 3 nitrogen and oxygen atoms in total. The van der Waals surface area contributed by atoms with Gasteiger partial charge in [-0.3, -0.25) is 9.88 Å². The Labute approximate surface area is 98.7 Å². The molecule has 3 heteroatoms. The predicted octanol–water partition coefficient (Wildman–Crippen LogP) is 2.02. The molecule has 0 bridgehead atoms. The van der Waals surface area contributed by atoms with E-state index in [4.69, 9.17) is 5.73 Å². The van der Waals surface area contributed by atoms with Crippen LogP contribution < -0.4 is 5.73 Å². The van der Waals surface area contributed by atoms with Crippen LogP contribution >= 0.6 is 0 Å². The summed E-state index contributed by atoms with van der Waals surface area (Å²) in [6.07, 6.45) is 1.81. The van der Waals surface area contributed by atoms with Gasteiger partial charge in [0.15, 0.2) is 0 Å². The lowest BCUT2D eigenvalue weighted by atomic mass is 10.1. The maximum atomic E-state index is 5.69. The number of rotatable bonds is 6. The molecular weight excluding hydrogens is 198 g/mol. The zero-order valence-corrected chi connectivity index (χ0v) is 10.6. The van der Waals surface area contributed by atoms with E-state index in [1.54, 1.807) is 0 Å². The molecule has 0 fully saturated rings. The van der Waals surface area contributed by atoms with Crippen molar-refractivity contribution in [1.29, 1.82) is 0 Å². The second kappa shape index (κ2) is 6.61. The molecule has 0 amide bonds. The van der Waals surface area contributed by atoms with Gasteiger partial charge in [-0.1, -0.05) is 26.8 Å². The van der Waals surface area contributed by atoms with Crippen molar-refractivity contribution in [3.05, 3.63) is 29.6 Å². The molecule has 0 aliphatic carbocycles. The lowest BCUT2D eigenvalue weighted by Crippen LogP contribution is -2.27. The number of nitrogens with two attached hydrogens (primary N) is 1. The van der Waals surface area contributed by atoms with Crippen LogP contribution in [-0.4, -0.2) is 23.0 Å². The molecule has 0 spiro atoms. The van der Waals surface area contributed by atoms with Crippen molar-refractivity contribution in [1.82, 2.24) is 9.88 Å². The fourth-order valence-electron chi connectivity index (χ4n) is 1.86. The summed E-state index contributed by atoms with van der Waals surface area (Å²) in [5.74, 6) is 0.693. The highest BCUT2D eigenvalue weighted by molar-refractivity contribution is 5.19. The van der Waals surface area contributed by atoms with Crippen molar-refractivity contribution in [3.8, 4) is 0 Å². The van der Waals surface area contributed by atoms with Crippen LogP contribution in [0.15, 0.2) is 18.3 Å². The van der Waals surface area contributed by atoms with Gasteiger partial charge in [0.05, 0.1) is 5.69 Å². The molecule has 0 radical (unpaired) electrons. The van der Waals surface area contributed by atoms with Crippen LogP contribution in [0.2, 0.25) is 0 Å². The first-order chi connectivity index (χ1) is 7.67. The van der Waals surface area contributed by atoms with Gasteiger partial charge in [0.25, 0.3) is 0 Å². The van der Waals surface area contributed by atoms with Gasteiger partial charge in [0.2, 0.25) is 0 Å². The topological polar surface area (TPSA) is 42.2 Å². The highest BCUT2D eigenvalue weighted by Gasteiger charge is 2.08. The van der Waals surface area contributed by atoms with Gasteiger partial charge in [0.1, 0.15) is 0 Å². The maximum Gasteiger partial charge on any atom is 0.0584 e. The molecule has 1 heterocycles. The number of nitrogens with zero attached hydrogens (tertiary/aromatic N) is 2. The van der Waals surface area contributed by atoms with Crippen molar-refractivity contribution in [3.63, 3.8) is 0 Å². The highest BCUT2D eigenvalue weighted by atomic mass is 15.1. The molecule has 0 aromatic carbocycles. The van der Waals surface area contributed by atoms with E-state index in [-0.39, 0.29) is 0 Å². The van der Waals surface area contributed by atoms with Gasteiger partial charge in [-0.2, -0.15) is 0 Å². The van der Waals surface area contributed by atoms with Crippen LogP contribution in [0.3, 0.4) is 0 Å². The standard InChI is InChI=1S/C13H23N3/c1-4-16(9-11(2)3)10-12-6-5-7-15-13(12)8-14/h5-7,11H,4,8-10,14H2,1-3H3. The Bertz CT molecular complexity index is 310. The Morgan fingerprint density at radius 3 is 2.75 bits per heavy atom. The molecule has 0 saturated carbocycles. The lowest BCUT2D eigenvalue weighted by molar-refractivity contribution is 0.247. The average Bonchev–Trinajstić information content (AvgIpc) is 2.28. The van der Waals surface area contributed by atoms with Gasteiger partial charge in [-0.15, -0.1) is 0 Å². The van der Waals surface area contributed by atoms with Gasteiger partial charge < -0.3 is 5.73 Å². The Hall–Kier alpha value is -0.930. The molecule has 0 saturated heterocycles. The van der Waals surface area contributed by atoms with E-state index in [0.717, 1.165) is 25.3 Å². The van der Waals surface area contributed by atoms with E-state index in [1.807, 2.05) is 12.3 Å². The van der Waals surface area contributed by atoms with E-state index in [0.29, 0.717) is 12.5 Å². The third-order valence-corrected chi connectivity index (χ3v) is 2.64. The van der Waals surface area contributed by atoms with Gasteiger partial charge >= 0.3 is 0 Å². The first-order valence-electron chi connectivity index (χ1n) is 6.02. The van der Waals surface area contributed by atoms with E-state index in [1.165, 1.54) is 5.56 Å². The van der Waals surface area contributed by atoms with Gasteiger partial charge in [0, 0.05) is 25.8 Å². The van der Waals surface area contributed by atoms with Crippen molar-refractivity contribution in [2.75, 3.05) is 13.1 Å². The van der Waals surface area contributed by atoms with E-state index >= 15 is 0 Å². The van der Waals surface area contributed by atoms with E-state index < -0.39 is 0 Å². The fraction of sp³-hybridized carbons (Fsp3) is 0.615. The third-order valence-electron chi connectivity index (χ3n) is 2.64. The first kappa shape index (κ1) is 13.1. The number of pyridine rings is 1. The Balaban J connectivity index is 2.69. The van der Waals surface area contributed by atoms with Crippen molar-refractivity contribution in [2.24, 2.45) is 11.7 Å². The lowest BCUT2D eigenvalue weighted by Gasteiger charge is -2.23. The summed E-state index contributed by atoms with van der Waals surface area (Å²) in [5.41, 5.74) is 7.96. The summed E-state index contributed by atoms with van der Waals surface area (Å²) in [6, 6.07) is 4.11. The smallest absolute Gasteiger partial charge is 0.0584 e. The minimum Gasteiger partial charge on any atom is -0.325 e. The van der Waals surface area contributed by atoms with Crippen LogP contribution in [0.25, 0.3) is 0 Å². The highest BCUT2D eigenvalue weighted by Crippen LogP contribution is 2.10. The van der Waals surface area contributed by atoms with Gasteiger partial charge in [-0.05, 0) is 24.1 Å². The van der Waals surface area contributed by atoms with Gasteiger partial charge in [-0.25, -0.2) is 0 Å². The van der Waals surface area contributed by atoms with Crippen LogP contribution in [0, 0.1) is 5.92 Å². The van der Waals surface area contributed by atoms with Crippen LogP contribution in [0.1, 0.15) is 32.0 Å². The first-order valence-corrected chi connectivity index (χ1v) is 6.02. The minimum absolute atomic E-state index is 0.523. The molecule has 1 aromatic heterocycles. The SMILES string of the molecule is CCN(Cc1cccnc1CN)CC(C)C. The van der Waals surface area contributed by atoms with Crippen LogP contribution in [0.5, 0.6) is 0 Å². The minimum atomic E-state index is 0.523. The molecule has 0 aliphatic rings. The maximum absolute atomic E-state index is 5.69. The predicted molar refractivity (Wildman–Crippen MR) is 67.9 cm³/mol. The van der Waals surface area contributed by atoms with Crippen molar-refractivity contribution >= 4 is 0 Å². The quantitative estimate of drug-likeness (QED) is 0.799. The normalized spacial score (nSPS) is 11.4. The summed E-state index contributed by atoms with van der Waals surface area (Å²) >= 11 is 0. The molecule has 90 valence electrons. The second-order valence-electron chi connectivity index (χ2n) is 4.53. The summed E-state index contributed by atoms with van der Waals surface area (Å²) in [4.78, 5) is 6.74. The van der Waals surface area contributed by atoms with Crippen LogP contribution in [0.4, 0.5) is 0 Å². The zero-order chi connectivity index (χ0) is 12.0. The summed E-state index contributed by atoms with van der Waals surface area (Å²) < 4.78 is 0. The molecule has 0 aliphatic heterocycles. The fourth-order valence-corrected chi connectivity index (χ4v) is 1.86. The Kier molecular flexibility index (Phi) is 5.43. The molecule has 0 atom stereocenters. The number of hydrogen-bond donors (Lipinski definition) is 1. The summed E-state index contributed by atoms with van der Waals surface area (Å²) in [6.45, 7) is 10.4. The summed E-state index contributed by atoms with van der Waals surface area (Å²) in [7, 11) is 0. The Morgan fingerprint density at radius 2 is 2.19 bits per heavy atom. The molecule has 2 N–H and O–H groups in total. The van der Waals surface area contributed by atoms with Crippen LogP contribution in [-0.2, 0) is 13.1 Å². The largest absolute Gasteiger partial charge is 0.325 e. The molecule has 1 rings (SSSR count). The molecular formula is C13H23N3. The number of hydrogen-bond acceptors (Lipinski definition) is 3. The van der Waals surface area contributed by atoms with Crippen molar-refractivity contribution in [2.45, 2.75) is 33.9 Å².